The number of carbonyl (C=O) groups is 1. The van der Waals surface area contributed by atoms with Gasteiger partial charge in [-0.1, -0.05) is 0 Å². The first kappa shape index (κ1) is 13.4. The topological polar surface area (TPSA) is 44.1 Å². The Kier molecular flexibility index (Phi) is 3.38. The second kappa shape index (κ2) is 5.05. The van der Waals surface area contributed by atoms with Gasteiger partial charge in [-0.25, -0.2) is 0 Å². The minimum atomic E-state index is -0.0159. The first-order valence-electron chi connectivity index (χ1n) is 6.61. The number of benzene rings is 1. The molecule has 2 aromatic rings. The first-order chi connectivity index (χ1) is 9.58. The average molecular weight is 335 g/mol. The van der Waals surface area contributed by atoms with Gasteiger partial charge in [0.05, 0.1) is 17.3 Å². The molecule has 2 heterocycles. The Labute approximate surface area is 125 Å². The number of aromatic nitrogens is 2. The summed E-state index contributed by atoms with van der Waals surface area (Å²) in [4.78, 5) is 12.7. The largest absolute Gasteiger partial charge is 0.493 e. The van der Waals surface area contributed by atoms with Gasteiger partial charge in [-0.05, 0) is 53.5 Å². The molecule has 1 aromatic carbocycles. The van der Waals surface area contributed by atoms with Crippen LogP contribution in [0, 0.1) is 0 Å². The average Bonchev–Trinajstić information content (AvgIpc) is 3.03. The summed E-state index contributed by atoms with van der Waals surface area (Å²) in [6, 6.07) is 5.75. The maximum Gasteiger partial charge on any atom is 0.212 e. The van der Waals surface area contributed by atoms with Gasteiger partial charge in [0.1, 0.15) is 11.4 Å². The summed E-state index contributed by atoms with van der Waals surface area (Å²) in [5, 5.41) is 4.26. The maximum atomic E-state index is 12.7. The Morgan fingerprint density at radius 1 is 1.45 bits per heavy atom. The number of ether oxygens (including phenoxy) is 1. The fourth-order valence-electron chi connectivity index (χ4n) is 2.41. The third-order valence-electron chi connectivity index (χ3n) is 3.41. The van der Waals surface area contributed by atoms with E-state index in [0.29, 0.717) is 17.9 Å². The summed E-state index contributed by atoms with van der Waals surface area (Å²) in [6.45, 7) is 4.71. The quantitative estimate of drug-likeness (QED) is 0.808. The van der Waals surface area contributed by atoms with E-state index in [1.54, 1.807) is 10.9 Å². The number of halogens is 1. The minimum Gasteiger partial charge on any atom is -0.493 e. The lowest BCUT2D eigenvalue weighted by atomic mass is 10.0. The summed E-state index contributed by atoms with van der Waals surface area (Å²) in [7, 11) is 0. The molecule has 3 rings (SSSR count). The van der Waals surface area contributed by atoms with Gasteiger partial charge in [0.25, 0.3) is 0 Å². The van der Waals surface area contributed by atoms with Crippen molar-refractivity contribution in [3.05, 3.63) is 45.7 Å². The highest BCUT2D eigenvalue weighted by Gasteiger charge is 2.22. The Morgan fingerprint density at radius 3 is 3.00 bits per heavy atom. The van der Waals surface area contributed by atoms with Crippen molar-refractivity contribution in [3.8, 4) is 5.75 Å². The standard InChI is InChI=1S/C15H15BrN2O2/c1-9(2)18-14(12(16)8-17-18)15(19)11-3-4-13-10(7-11)5-6-20-13/h3-4,7-9H,5-6H2,1-2H3. The molecule has 0 bridgehead atoms. The molecule has 5 heteroatoms. The third-order valence-corrected chi connectivity index (χ3v) is 3.99. The zero-order valence-electron chi connectivity index (χ0n) is 11.4. The molecule has 0 N–H and O–H groups in total. The number of rotatable bonds is 3. The van der Waals surface area contributed by atoms with Gasteiger partial charge in [-0.15, -0.1) is 0 Å². The van der Waals surface area contributed by atoms with Crippen molar-refractivity contribution in [1.82, 2.24) is 9.78 Å². The third kappa shape index (κ3) is 2.16. The van der Waals surface area contributed by atoms with Gasteiger partial charge in [-0.3, -0.25) is 9.48 Å². The molecule has 0 fully saturated rings. The second-order valence-electron chi connectivity index (χ2n) is 5.13. The summed E-state index contributed by atoms with van der Waals surface area (Å²) in [6.07, 6.45) is 2.53. The Balaban J connectivity index is 2.03. The normalized spacial score (nSPS) is 13.4. The van der Waals surface area contributed by atoms with E-state index in [0.717, 1.165) is 22.2 Å². The predicted octanol–water partition coefficient (Wildman–Crippen LogP) is 3.39. The minimum absolute atomic E-state index is 0.0159. The highest BCUT2D eigenvalue weighted by atomic mass is 79.9. The van der Waals surface area contributed by atoms with Crippen LogP contribution in [0.4, 0.5) is 0 Å². The van der Waals surface area contributed by atoms with E-state index in [2.05, 4.69) is 21.0 Å². The fourth-order valence-corrected chi connectivity index (χ4v) is 2.86. The van der Waals surface area contributed by atoms with Crippen molar-refractivity contribution < 1.29 is 9.53 Å². The van der Waals surface area contributed by atoms with Crippen molar-refractivity contribution >= 4 is 21.7 Å². The molecular weight excluding hydrogens is 320 g/mol. The van der Waals surface area contributed by atoms with Crippen molar-refractivity contribution in [3.63, 3.8) is 0 Å². The number of hydrogen-bond donors (Lipinski definition) is 0. The van der Waals surface area contributed by atoms with Gasteiger partial charge in [0.2, 0.25) is 5.78 Å². The van der Waals surface area contributed by atoms with E-state index in [1.165, 1.54) is 0 Å². The molecule has 20 heavy (non-hydrogen) atoms. The Morgan fingerprint density at radius 2 is 2.25 bits per heavy atom. The molecule has 0 saturated carbocycles. The summed E-state index contributed by atoms with van der Waals surface area (Å²) >= 11 is 3.42. The monoisotopic (exact) mass is 334 g/mol. The van der Waals surface area contributed by atoms with E-state index >= 15 is 0 Å². The first-order valence-corrected chi connectivity index (χ1v) is 7.40. The fraction of sp³-hybridized carbons (Fsp3) is 0.333. The van der Waals surface area contributed by atoms with Gasteiger partial charge in [0, 0.05) is 18.0 Å². The number of ketones is 1. The summed E-state index contributed by atoms with van der Waals surface area (Å²) in [5.74, 6) is 0.871. The Bertz CT molecular complexity index is 677. The van der Waals surface area contributed by atoms with Crippen molar-refractivity contribution in [2.24, 2.45) is 0 Å². The lowest BCUT2D eigenvalue weighted by molar-refractivity contribution is 0.102. The van der Waals surface area contributed by atoms with E-state index in [1.807, 2.05) is 32.0 Å². The van der Waals surface area contributed by atoms with E-state index in [4.69, 9.17) is 4.74 Å². The highest BCUT2D eigenvalue weighted by molar-refractivity contribution is 9.10. The van der Waals surface area contributed by atoms with Crippen molar-refractivity contribution in [2.45, 2.75) is 26.3 Å². The molecule has 0 spiro atoms. The molecule has 0 radical (unpaired) electrons. The van der Waals surface area contributed by atoms with E-state index in [9.17, 15) is 4.79 Å². The van der Waals surface area contributed by atoms with Crippen LogP contribution in [0.2, 0.25) is 0 Å². The van der Waals surface area contributed by atoms with Crippen LogP contribution in [0.3, 0.4) is 0 Å². The number of carbonyl (C=O) groups excluding carboxylic acids is 1. The van der Waals surface area contributed by atoms with Crippen LogP contribution in [-0.2, 0) is 6.42 Å². The van der Waals surface area contributed by atoms with Gasteiger partial charge < -0.3 is 4.74 Å². The van der Waals surface area contributed by atoms with Crippen LogP contribution in [0.1, 0.15) is 41.5 Å². The van der Waals surface area contributed by atoms with Crippen LogP contribution >= 0.6 is 15.9 Å². The van der Waals surface area contributed by atoms with Crippen LogP contribution in [-0.4, -0.2) is 22.2 Å². The van der Waals surface area contributed by atoms with E-state index < -0.39 is 0 Å². The van der Waals surface area contributed by atoms with Crippen molar-refractivity contribution in [2.75, 3.05) is 6.61 Å². The number of hydrogen-bond acceptors (Lipinski definition) is 3. The number of nitrogens with zero attached hydrogens (tertiary/aromatic N) is 2. The van der Waals surface area contributed by atoms with Crippen molar-refractivity contribution in [1.29, 1.82) is 0 Å². The number of fused-ring (bicyclic) bond motifs is 1. The highest BCUT2D eigenvalue weighted by Crippen LogP contribution is 2.28. The lowest BCUT2D eigenvalue weighted by Crippen LogP contribution is -2.14. The van der Waals surface area contributed by atoms with Crippen LogP contribution < -0.4 is 4.74 Å². The molecule has 0 unspecified atom stereocenters. The van der Waals surface area contributed by atoms with Crippen LogP contribution in [0.15, 0.2) is 28.9 Å². The summed E-state index contributed by atoms with van der Waals surface area (Å²) < 4.78 is 7.95. The molecule has 1 aliphatic rings. The molecule has 0 amide bonds. The molecule has 4 nitrogen and oxygen atoms in total. The predicted molar refractivity (Wildman–Crippen MR) is 79.4 cm³/mol. The molecule has 0 atom stereocenters. The zero-order valence-corrected chi connectivity index (χ0v) is 13.0. The molecule has 1 aromatic heterocycles. The zero-order chi connectivity index (χ0) is 14.3. The van der Waals surface area contributed by atoms with Crippen LogP contribution in [0.25, 0.3) is 0 Å². The van der Waals surface area contributed by atoms with Gasteiger partial charge in [-0.2, -0.15) is 5.10 Å². The summed E-state index contributed by atoms with van der Waals surface area (Å²) in [5.41, 5.74) is 2.37. The lowest BCUT2D eigenvalue weighted by Gasteiger charge is -2.11. The maximum absolute atomic E-state index is 12.7. The Hall–Kier alpha value is -1.62. The SMILES string of the molecule is CC(C)n1ncc(Br)c1C(=O)c1ccc2c(c1)CCO2. The molecular formula is C15H15BrN2O2. The molecule has 104 valence electrons. The van der Waals surface area contributed by atoms with Crippen LogP contribution in [0.5, 0.6) is 5.75 Å². The van der Waals surface area contributed by atoms with E-state index in [-0.39, 0.29) is 11.8 Å². The molecule has 0 saturated heterocycles. The second-order valence-corrected chi connectivity index (χ2v) is 5.98. The smallest absolute Gasteiger partial charge is 0.212 e. The molecule has 0 aliphatic carbocycles. The molecule has 1 aliphatic heterocycles. The van der Waals surface area contributed by atoms with Gasteiger partial charge in [0.15, 0.2) is 0 Å². The van der Waals surface area contributed by atoms with Gasteiger partial charge >= 0.3 is 0 Å².